The van der Waals surface area contributed by atoms with Gasteiger partial charge < -0.3 is 10.1 Å². The first-order valence-electron chi connectivity index (χ1n) is 9.67. The maximum Gasteiger partial charge on any atom is 0.261 e. The van der Waals surface area contributed by atoms with E-state index in [1.165, 1.54) is 0 Å². The number of anilines is 1. The number of nitrogens with one attached hydrogen (secondary N) is 1. The third kappa shape index (κ3) is 4.83. The number of ether oxygens (including phenoxy) is 1. The lowest BCUT2D eigenvalue weighted by molar-refractivity contribution is -0.116. The highest BCUT2D eigenvalue weighted by molar-refractivity contribution is 9.10. The molecule has 0 atom stereocenters. The van der Waals surface area contributed by atoms with Crippen LogP contribution in [0.3, 0.4) is 0 Å². The number of rotatable bonds is 8. The Labute approximate surface area is 186 Å². The first-order valence-corrected chi connectivity index (χ1v) is 10.5. The van der Waals surface area contributed by atoms with E-state index in [1.807, 2.05) is 12.3 Å². The Hall–Kier alpha value is -3.46. The van der Waals surface area contributed by atoms with Crippen LogP contribution in [0.2, 0.25) is 0 Å². The van der Waals surface area contributed by atoms with Gasteiger partial charge in [0.25, 0.3) is 11.8 Å². The molecular weight excluding hydrogens is 464 g/mol. The first kappa shape index (κ1) is 20.8. The SMILES string of the molecule is O=C(CCN1C(=O)c2ccc(Br)cc2C1=O)Nc1cccc(OCCn2cccn2)c1. The molecule has 0 unspecified atom stereocenters. The zero-order chi connectivity index (χ0) is 21.8. The van der Waals surface area contributed by atoms with Gasteiger partial charge in [0.2, 0.25) is 5.91 Å². The normalized spacial score (nSPS) is 12.7. The molecule has 2 heterocycles. The molecule has 3 aromatic rings. The Morgan fingerprint density at radius 3 is 2.68 bits per heavy atom. The van der Waals surface area contributed by atoms with Crippen LogP contribution in [0, 0.1) is 0 Å². The molecule has 1 aliphatic heterocycles. The number of hydrogen-bond donors (Lipinski definition) is 1. The summed E-state index contributed by atoms with van der Waals surface area (Å²) in [7, 11) is 0. The summed E-state index contributed by atoms with van der Waals surface area (Å²) in [4.78, 5) is 38.4. The van der Waals surface area contributed by atoms with E-state index >= 15 is 0 Å². The summed E-state index contributed by atoms with van der Waals surface area (Å²) in [5.41, 5.74) is 1.28. The zero-order valence-electron chi connectivity index (χ0n) is 16.5. The summed E-state index contributed by atoms with van der Waals surface area (Å²) in [5.74, 6) is -0.447. The monoisotopic (exact) mass is 482 g/mol. The highest BCUT2D eigenvalue weighted by Gasteiger charge is 2.35. The van der Waals surface area contributed by atoms with Crippen molar-refractivity contribution in [2.45, 2.75) is 13.0 Å². The molecule has 8 nitrogen and oxygen atoms in total. The third-order valence-corrected chi connectivity index (χ3v) is 5.25. The molecule has 31 heavy (non-hydrogen) atoms. The van der Waals surface area contributed by atoms with Gasteiger partial charge in [0, 0.05) is 41.6 Å². The molecule has 4 rings (SSSR count). The van der Waals surface area contributed by atoms with Crippen LogP contribution in [0.5, 0.6) is 5.75 Å². The molecule has 0 bridgehead atoms. The molecule has 1 aromatic heterocycles. The van der Waals surface area contributed by atoms with Crippen molar-refractivity contribution in [3.63, 3.8) is 0 Å². The smallest absolute Gasteiger partial charge is 0.261 e. The van der Waals surface area contributed by atoms with Crippen molar-refractivity contribution < 1.29 is 19.1 Å². The molecule has 2 aromatic carbocycles. The zero-order valence-corrected chi connectivity index (χ0v) is 18.0. The fraction of sp³-hybridized carbons (Fsp3) is 0.182. The van der Waals surface area contributed by atoms with Gasteiger partial charge in [0.05, 0.1) is 17.7 Å². The first-order chi connectivity index (χ1) is 15.0. The molecule has 1 aliphatic rings. The Morgan fingerprint density at radius 2 is 1.87 bits per heavy atom. The predicted molar refractivity (Wildman–Crippen MR) is 117 cm³/mol. The second kappa shape index (κ2) is 9.13. The summed E-state index contributed by atoms with van der Waals surface area (Å²) in [6.45, 7) is 1.06. The number of hydrogen-bond acceptors (Lipinski definition) is 5. The van der Waals surface area contributed by atoms with Crippen molar-refractivity contribution in [2.24, 2.45) is 0 Å². The second-order valence-corrected chi connectivity index (χ2v) is 7.81. The molecule has 0 saturated carbocycles. The van der Waals surface area contributed by atoms with Crippen molar-refractivity contribution >= 4 is 39.3 Å². The van der Waals surface area contributed by atoms with Crippen molar-refractivity contribution in [3.8, 4) is 5.75 Å². The average molecular weight is 483 g/mol. The van der Waals surface area contributed by atoms with Gasteiger partial charge in [-0.15, -0.1) is 0 Å². The van der Waals surface area contributed by atoms with Crippen LogP contribution in [-0.4, -0.2) is 45.6 Å². The van der Waals surface area contributed by atoms with Gasteiger partial charge in [0.15, 0.2) is 0 Å². The Morgan fingerprint density at radius 1 is 1.03 bits per heavy atom. The predicted octanol–water partition coefficient (Wildman–Crippen LogP) is 3.35. The van der Waals surface area contributed by atoms with E-state index in [0.717, 1.165) is 9.37 Å². The lowest BCUT2D eigenvalue weighted by Gasteiger charge is -2.14. The summed E-state index contributed by atoms with van der Waals surface area (Å²) in [6.07, 6.45) is 3.56. The van der Waals surface area contributed by atoms with Crippen molar-refractivity contribution in [2.75, 3.05) is 18.5 Å². The van der Waals surface area contributed by atoms with E-state index in [1.54, 1.807) is 53.3 Å². The standard InChI is InChI=1S/C22H19BrN4O4/c23-15-5-6-18-19(13-15)22(30)27(21(18)29)10-7-20(28)25-16-3-1-4-17(14-16)31-12-11-26-9-2-8-24-26/h1-6,8-9,13-14H,7,10-12H2,(H,25,28). The number of nitrogens with zero attached hydrogens (tertiary/aromatic N) is 3. The van der Waals surface area contributed by atoms with Crippen LogP contribution in [-0.2, 0) is 11.3 Å². The van der Waals surface area contributed by atoms with Crippen molar-refractivity contribution in [1.82, 2.24) is 14.7 Å². The van der Waals surface area contributed by atoms with Crippen LogP contribution >= 0.6 is 15.9 Å². The fourth-order valence-electron chi connectivity index (χ4n) is 3.26. The number of carbonyl (C=O) groups is 3. The number of amides is 3. The van der Waals surface area contributed by atoms with Gasteiger partial charge in [-0.1, -0.05) is 22.0 Å². The number of aromatic nitrogens is 2. The molecule has 3 amide bonds. The van der Waals surface area contributed by atoms with Crippen LogP contribution < -0.4 is 10.1 Å². The highest BCUT2D eigenvalue weighted by atomic mass is 79.9. The third-order valence-electron chi connectivity index (χ3n) is 4.76. The average Bonchev–Trinajstić information content (AvgIpc) is 3.34. The lowest BCUT2D eigenvalue weighted by Crippen LogP contribution is -2.32. The summed E-state index contributed by atoms with van der Waals surface area (Å²) in [6, 6.07) is 13.8. The molecule has 0 radical (unpaired) electrons. The number of imide groups is 1. The minimum atomic E-state index is -0.387. The van der Waals surface area contributed by atoms with E-state index in [4.69, 9.17) is 4.74 Å². The van der Waals surface area contributed by atoms with E-state index in [9.17, 15) is 14.4 Å². The van der Waals surface area contributed by atoms with Gasteiger partial charge in [-0.05, 0) is 36.4 Å². The molecule has 0 aliphatic carbocycles. The van der Waals surface area contributed by atoms with Crippen LogP contribution in [0.1, 0.15) is 27.1 Å². The quantitative estimate of drug-likeness (QED) is 0.496. The van der Waals surface area contributed by atoms with Crippen molar-refractivity contribution in [1.29, 1.82) is 0 Å². The number of fused-ring (bicyclic) bond motifs is 1. The molecule has 1 N–H and O–H groups in total. The van der Waals surface area contributed by atoms with Crippen LogP contribution in [0.15, 0.2) is 65.4 Å². The largest absolute Gasteiger partial charge is 0.492 e. The maximum atomic E-state index is 12.5. The topological polar surface area (TPSA) is 93.5 Å². The Balaban J connectivity index is 1.29. The summed E-state index contributed by atoms with van der Waals surface area (Å²) >= 11 is 3.30. The van der Waals surface area contributed by atoms with Gasteiger partial charge in [-0.3, -0.25) is 24.0 Å². The van der Waals surface area contributed by atoms with Crippen molar-refractivity contribution in [3.05, 3.63) is 76.5 Å². The highest BCUT2D eigenvalue weighted by Crippen LogP contribution is 2.26. The lowest BCUT2D eigenvalue weighted by atomic mass is 10.1. The number of halogens is 1. The van der Waals surface area contributed by atoms with E-state index < -0.39 is 0 Å². The van der Waals surface area contributed by atoms with Gasteiger partial charge >= 0.3 is 0 Å². The number of benzene rings is 2. The van der Waals surface area contributed by atoms with Gasteiger partial charge in [-0.2, -0.15) is 5.10 Å². The van der Waals surface area contributed by atoms with E-state index in [-0.39, 0.29) is 30.7 Å². The minimum Gasteiger partial charge on any atom is -0.492 e. The van der Waals surface area contributed by atoms with Crippen LogP contribution in [0.25, 0.3) is 0 Å². The molecule has 0 spiro atoms. The van der Waals surface area contributed by atoms with Crippen LogP contribution in [0.4, 0.5) is 5.69 Å². The summed E-state index contributed by atoms with van der Waals surface area (Å²) < 4.78 is 8.19. The molecule has 0 fully saturated rings. The maximum absolute atomic E-state index is 12.5. The summed E-state index contributed by atoms with van der Waals surface area (Å²) in [5, 5.41) is 6.89. The molecule has 0 saturated heterocycles. The Kier molecular flexibility index (Phi) is 6.13. The molecule has 158 valence electrons. The minimum absolute atomic E-state index is 0.00295. The fourth-order valence-corrected chi connectivity index (χ4v) is 3.62. The molecular formula is C22H19BrN4O4. The van der Waals surface area contributed by atoms with E-state index in [2.05, 4.69) is 26.3 Å². The molecule has 9 heteroatoms. The second-order valence-electron chi connectivity index (χ2n) is 6.90. The van der Waals surface area contributed by atoms with Gasteiger partial charge in [-0.25, -0.2) is 0 Å². The van der Waals surface area contributed by atoms with E-state index in [0.29, 0.717) is 35.7 Å². The Bertz CT molecular complexity index is 1130. The van der Waals surface area contributed by atoms with Gasteiger partial charge in [0.1, 0.15) is 12.4 Å². The number of carbonyl (C=O) groups excluding carboxylic acids is 3.